The van der Waals surface area contributed by atoms with Crippen LogP contribution in [0.1, 0.15) is 18.3 Å². The fourth-order valence-corrected chi connectivity index (χ4v) is 3.92. The van der Waals surface area contributed by atoms with E-state index in [1.807, 2.05) is 57.9 Å². The van der Waals surface area contributed by atoms with E-state index >= 15 is 0 Å². The van der Waals surface area contributed by atoms with E-state index in [9.17, 15) is 14.9 Å². The molecule has 1 aliphatic heterocycles. The zero-order chi connectivity index (χ0) is 20.1. The molecule has 0 spiro atoms. The highest BCUT2D eigenvalue weighted by Gasteiger charge is 2.33. The van der Waals surface area contributed by atoms with Gasteiger partial charge in [-0.05, 0) is 21.7 Å². The predicted molar refractivity (Wildman–Crippen MR) is 111 cm³/mol. The molecule has 0 saturated carbocycles. The van der Waals surface area contributed by atoms with E-state index in [-0.39, 0.29) is 11.7 Å². The maximum Gasteiger partial charge on any atom is 0.406 e. The fourth-order valence-electron chi connectivity index (χ4n) is 3.49. The summed E-state index contributed by atoms with van der Waals surface area (Å²) >= 11 is 1.51. The van der Waals surface area contributed by atoms with Crippen LogP contribution in [-0.2, 0) is 17.8 Å². The van der Waals surface area contributed by atoms with Crippen molar-refractivity contribution in [1.82, 2.24) is 14.5 Å². The Balaban J connectivity index is 1.90. The molecule has 0 aliphatic carbocycles. The highest BCUT2D eigenvalue weighted by molar-refractivity contribution is 7.99. The molecular formula is C19H25N5O3S. The van der Waals surface area contributed by atoms with E-state index in [4.69, 9.17) is 0 Å². The summed E-state index contributed by atoms with van der Waals surface area (Å²) in [6.45, 7) is 4.74. The van der Waals surface area contributed by atoms with Crippen LogP contribution in [0.15, 0.2) is 30.3 Å². The number of nitrogens with zero attached hydrogens (tertiary/aromatic N) is 5. The summed E-state index contributed by atoms with van der Waals surface area (Å²) < 4.78 is 1.95. The van der Waals surface area contributed by atoms with Gasteiger partial charge < -0.3 is 19.9 Å². The predicted octanol–water partition coefficient (Wildman–Crippen LogP) is 2.41. The molecule has 1 aromatic carbocycles. The molecule has 150 valence electrons. The molecule has 2 aromatic rings. The number of amides is 1. The minimum absolute atomic E-state index is 0.100. The molecule has 0 unspecified atom stereocenters. The maximum atomic E-state index is 12.1. The number of hydrogen-bond acceptors (Lipinski definition) is 6. The van der Waals surface area contributed by atoms with Gasteiger partial charge in [-0.3, -0.25) is 9.36 Å². The Morgan fingerprint density at radius 3 is 2.46 bits per heavy atom. The van der Waals surface area contributed by atoms with Crippen molar-refractivity contribution in [1.29, 1.82) is 0 Å². The van der Waals surface area contributed by atoms with Crippen molar-refractivity contribution < 1.29 is 9.72 Å². The van der Waals surface area contributed by atoms with Gasteiger partial charge in [0.2, 0.25) is 17.5 Å². The van der Waals surface area contributed by atoms with Gasteiger partial charge in [0, 0.05) is 32.6 Å². The van der Waals surface area contributed by atoms with E-state index in [2.05, 4.69) is 4.98 Å². The van der Waals surface area contributed by atoms with Crippen LogP contribution < -0.4 is 4.90 Å². The molecule has 1 aliphatic rings. The third-order valence-corrected chi connectivity index (χ3v) is 5.41. The van der Waals surface area contributed by atoms with E-state index < -0.39 is 4.92 Å². The average Bonchev–Trinajstić information content (AvgIpc) is 3.07. The molecular weight excluding hydrogens is 378 g/mol. The molecule has 2 heterocycles. The Hall–Kier alpha value is -2.55. The number of rotatable bonds is 7. The molecule has 1 fully saturated rings. The number of benzene rings is 1. The number of imidazole rings is 1. The van der Waals surface area contributed by atoms with Crippen LogP contribution in [0.25, 0.3) is 0 Å². The van der Waals surface area contributed by atoms with Gasteiger partial charge in [-0.1, -0.05) is 37.3 Å². The number of anilines is 1. The standard InChI is InChI=1S/C19H25N5O3S/c1-3-16-20-18(24(26)27)19(23(16)13-15-7-5-4-6-8-15)22-11-9-21(10-12-22)17(25)14-28-2/h4-8H,3,9-14H2,1-2H3. The summed E-state index contributed by atoms with van der Waals surface area (Å²) in [6, 6.07) is 9.89. The number of aromatic nitrogens is 2. The molecule has 9 heteroatoms. The van der Waals surface area contributed by atoms with Crippen molar-refractivity contribution in [2.24, 2.45) is 0 Å². The topological polar surface area (TPSA) is 84.5 Å². The highest BCUT2D eigenvalue weighted by Crippen LogP contribution is 2.31. The molecule has 1 saturated heterocycles. The van der Waals surface area contributed by atoms with Crippen LogP contribution in [0, 0.1) is 10.1 Å². The first-order chi connectivity index (χ1) is 13.5. The van der Waals surface area contributed by atoms with Crippen LogP contribution in [-0.4, -0.2) is 63.5 Å². The van der Waals surface area contributed by atoms with Crippen LogP contribution in [0.5, 0.6) is 0 Å². The van der Waals surface area contributed by atoms with E-state index in [1.54, 1.807) is 0 Å². The van der Waals surface area contributed by atoms with Gasteiger partial charge >= 0.3 is 5.82 Å². The molecule has 28 heavy (non-hydrogen) atoms. The number of carbonyl (C=O) groups excluding carboxylic acids is 1. The molecule has 0 atom stereocenters. The van der Waals surface area contributed by atoms with Crippen molar-refractivity contribution in [2.75, 3.05) is 43.1 Å². The Morgan fingerprint density at radius 1 is 1.21 bits per heavy atom. The van der Waals surface area contributed by atoms with Crippen LogP contribution in [0.4, 0.5) is 11.6 Å². The molecule has 0 N–H and O–H groups in total. The summed E-state index contributed by atoms with van der Waals surface area (Å²) in [5.41, 5.74) is 1.07. The minimum atomic E-state index is -0.402. The normalized spacial score (nSPS) is 14.4. The highest BCUT2D eigenvalue weighted by atomic mass is 32.2. The Bertz CT molecular complexity index is 832. The van der Waals surface area contributed by atoms with Crippen molar-refractivity contribution in [3.63, 3.8) is 0 Å². The number of nitro groups is 1. The van der Waals surface area contributed by atoms with Crippen LogP contribution in [0.3, 0.4) is 0 Å². The first-order valence-electron chi connectivity index (χ1n) is 9.34. The average molecular weight is 404 g/mol. The van der Waals surface area contributed by atoms with Gasteiger partial charge in [0.25, 0.3) is 0 Å². The zero-order valence-corrected chi connectivity index (χ0v) is 17.0. The third kappa shape index (κ3) is 4.30. The summed E-state index contributed by atoms with van der Waals surface area (Å²) in [7, 11) is 0. The molecule has 1 amide bonds. The van der Waals surface area contributed by atoms with E-state index in [0.29, 0.717) is 56.5 Å². The summed E-state index contributed by atoms with van der Waals surface area (Å²) in [5.74, 6) is 1.73. The molecule has 0 bridgehead atoms. The third-order valence-electron chi connectivity index (χ3n) is 4.87. The molecule has 3 rings (SSSR count). The van der Waals surface area contributed by atoms with Gasteiger partial charge in [0.1, 0.15) is 0 Å². The minimum Gasteiger partial charge on any atom is -0.358 e. The second kappa shape index (κ2) is 9.09. The summed E-state index contributed by atoms with van der Waals surface area (Å²) in [5, 5.41) is 11.7. The van der Waals surface area contributed by atoms with Crippen LogP contribution in [0.2, 0.25) is 0 Å². The van der Waals surface area contributed by atoms with E-state index in [1.165, 1.54) is 11.8 Å². The van der Waals surface area contributed by atoms with Gasteiger partial charge in [-0.25, -0.2) is 0 Å². The number of hydrogen-bond donors (Lipinski definition) is 0. The number of aryl methyl sites for hydroxylation is 1. The zero-order valence-electron chi connectivity index (χ0n) is 16.2. The number of piperazine rings is 1. The first kappa shape index (κ1) is 20.2. The smallest absolute Gasteiger partial charge is 0.358 e. The fraction of sp³-hybridized carbons (Fsp3) is 0.474. The first-order valence-corrected chi connectivity index (χ1v) is 10.7. The second-order valence-electron chi connectivity index (χ2n) is 6.66. The second-order valence-corrected chi connectivity index (χ2v) is 7.52. The lowest BCUT2D eigenvalue weighted by molar-refractivity contribution is -0.388. The monoisotopic (exact) mass is 403 g/mol. The maximum absolute atomic E-state index is 12.1. The lowest BCUT2D eigenvalue weighted by Crippen LogP contribution is -2.50. The van der Waals surface area contributed by atoms with Gasteiger partial charge in [-0.15, -0.1) is 0 Å². The molecule has 1 aromatic heterocycles. The Labute approximate surface area is 168 Å². The Morgan fingerprint density at radius 2 is 1.89 bits per heavy atom. The molecule has 8 nitrogen and oxygen atoms in total. The lowest BCUT2D eigenvalue weighted by Gasteiger charge is -2.35. The van der Waals surface area contributed by atoms with Gasteiger partial charge in [-0.2, -0.15) is 11.8 Å². The lowest BCUT2D eigenvalue weighted by atomic mass is 10.2. The largest absolute Gasteiger partial charge is 0.406 e. The number of carbonyl (C=O) groups is 1. The van der Waals surface area contributed by atoms with E-state index in [0.717, 1.165) is 5.56 Å². The van der Waals surface area contributed by atoms with Crippen LogP contribution >= 0.6 is 11.8 Å². The summed E-state index contributed by atoms with van der Waals surface area (Å²) in [4.78, 5) is 31.6. The van der Waals surface area contributed by atoms with Crippen molar-refractivity contribution in [3.05, 3.63) is 51.8 Å². The van der Waals surface area contributed by atoms with Crippen molar-refractivity contribution in [2.45, 2.75) is 19.9 Å². The van der Waals surface area contributed by atoms with Gasteiger partial charge in [0.05, 0.1) is 12.3 Å². The van der Waals surface area contributed by atoms with Crippen molar-refractivity contribution in [3.8, 4) is 0 Å². The van der Waals surface area contributed by atoms with Gasteiger partial charge in [0.15, 0.2) is 0 Å². The Kier molecular flexibility index (Phi) is 6.56. The van der Waals surface area contributed by atoms with Crippen molar-refractivity contribution >= 4 is 29.3 Å². The number of thioether (sulfide) groups is 1. The SMILES string of the molecule is CCc1nc([N+](=O)[O-])c(N2CCN(C(=O)CSC)CC2)n1Cc1ccccc1. The quantitative estimate of drug-likeness (QED) is 0.521. The summed E-state index contributed by atoms with van der Waals surface area (Å²) in [6.07, 6.45) is 2.52. The molecule has 0 radical (unpaired) electrons.